The Balaban J connectivity index is 2.12. The lowest BCUT2D eigenvalue weighted by molar-refractivity contribution is 1.16. The summed E-state index contributed by atoms with van der Waals surface area (Å²) in [4.78, 5) is 16.9. The van der Waals surface area contributed by atoms with E-state index in [4.69, 9.17) is 11.6 Å². The van der Waals surface area contributed by atoms with Crippen molar-refractivity contribution in [1.29, 1.82) is 0 Å². The molecular formula is C14H9ClN4. The molecule has 0 atom stereocenters. The number of halogens is 1. The predicted octanol–water partition coefficient (Wildman–Crippen LogP) is 3.25. The lowest BCUT2D eigenvalue weighted by Gasteiger charge is -2.04. The van der Waals surface area contributed by atoms with E-state index < -0.39 is 0 Å². The molecule has 0 saturated carbocycles. The lowest BCUT2D eigenvalue weighted by atomic mass is 10.1. The van der Waals surface area contributed by atoms with Crippen LogP contribution in [0.4, 0.5) is 0 Å². The van der Waals surface area contributed by atoms with Gasteiger partial charge in [0.25, 0.3) is 0 Å². The van der Waals surface area contributed by atoms with Crippen molar-refractivity contribution in [2.24, 2.45) is 0 Å². The van der Waals surface area contributed by atoms with E-state index in [1.165, 1.54) is 0 Å². The number of benzene rings is 1. The van der Waals surface area contributed by atoms with Crippen LogP contribution in [0.1, 0.15) is 0 Å². The maximum Gasteiger partial charge on any atom is 0.159 e. The van der Waals surface area contributed by atoms with Gasteiger partial charge < -0.3 is 0 Å². The summed E-state index contributed by atoms with van der Waals surface area (Å²) in [5.74, 6) is 1.25. The molecule has 5 heteroatoms. The van der Waals surface area contributed by atoms with Gasteiger partial charge in [-0.05, 0) is 30.3 Å². The number of hydrogen-bond acceptors (Lipinski definition) is 4. The predicted molar refractivity (Wildman–Crippen MR) is 73.5 cm³/mol. The smallest absolute Gasteiger partial charge is 0.159 e. The number of aromatic nitrogens is 4. The van der Waals surface area contributed by atoms with Gasteiger partial charge in [-0.3, -0.25) is 0 Å². The first-order chi connectivity index (χ1) is 9.33. The minimum atomic E-state index is 0.604. The molecule has 0 fully saturated rings. The molecule has 0 aliphatic heterocycles. The van der Waals surface area contributed by atoms with Crippen molar-refractivity contribution in [2.45, 2.75) is 0 Å². The van der Waals surface area contributed by atoms with E-state index in [2.05, 4.69) is 19.9 Å². The van der Waals surface area contributed by atoms with Gasteiger partial charge in [-0.15, -0.1) is 0 Å². The summed E-state index contributed by atoms with van der Waals surface area (Å²) in [5, 5.41) is 0.604. The number of rotatable bonds is 2. The summed E-state index contributed by atoms with van der Waals surface area (Å²) in [5.41, 5.74) is 1.69. The molecule has 4 nitrogen and oxygen atoms in total. The molecule has 2 heterocycles. The zero-order chi connectivity index (χ0) is 13.1. The van der Waals surface area contributed by atoms with E-state index in [9.17, 15) is 0 Å². The molecule has 0 N–H and O–H groups in total. The molecule has 19 heavy (non-hydrogen) atoms. The van der Waals surface area contributed by atoms with Crippen LogP contribution in [0, 0.1) is 0 Å². The van der Waals surface area contributed by atoms with E-state index in [-0.39, 0.29) is 0 Å². The highest BCUT2D eigenvalue weighted by Crippen LogP contribution is 2.26. The molecular weight excluding hydrogens is 260 g/mol. The second-order valence-corrected chi connectivity index (χ2v) is 4.31. The van der Waals surface area contributed by atoms with Gasteiger partial charge in [0.05, 0.1) is 0 Å². The van der Waals surface area contributed by atoms with Crippen molar-refractivity contribution in [3.8, 4) is 22.8 Å². The monoisotopic (exact) mass is 268 g/mol. The summed E-state index contributed by atoms with van der Waals surface area (Å²) in [6.45, 7) is 0. The minimum Gasteiger partial charge on any atom is -0.237 e. The van der Waals surface area contributed by atoms with E-state index in [0.29, 0.717) is 16.7 Å². The van der Waals surface area contributed by atoms with Crippen LogP contribution < -0.4 is 0 Å². The second kappa shape index (κ2) is 5.12. The van der Waals surface area contributed by atoms with E-state index in [0.717, 1.165) is 11.1 Å². The summed E-state index contributed by atoms with van der Waals surface area (Å²) >= 11 is 6.14. The van der Waals surface area contributed by atoms with Gasteiger partial charge in [-0.2, -0.15) is 0 Å². The topological polar surface area (TPSA) is 51.6 Å². The highest BCUT2D eigenvalue weighted by molar-refractivity contribution is 6.31. The summed E-state index contributed by atoms with van der Waals surface area (Å²) in [7, 11) is 0. The Labute approximate surface area is 115 Å². The van der Waals surface area contributed by atoms with Crippen molar-refractivity contribution >= 4 is 11.6 Å². The molecule has 0 radical (unpaired) electrons. The van der Waals surface area contributed by atoms with Crippen LogP contribution in [0.25, 0.3) is 22.8 Å². The maximum atomic E-state index is 6.14. The van der Waals surface area contributed by atoms with Crippen LogP contribution in [0.2, 0.25) is 5.02 Å². The van der Waals surface area contributed by atoms with Crippen LogP contribution in [0.3, 0.4) is 0 Å². The average molecular weight is 269 g/mol. The molecule has 0 bridgehead atoms. The Morgan fingerprint density at radius 2 is 1.05 bits per heavy atom. The third-order valence-corrected chi connectivity index (χ3v) is 2.76. The van der Waals surface area contributed by atoms with Crippen LogP contribution >= 0.6 is 11.6 Å². The molecule has 0 spiro atoms. The summed E-state index contributed by atoms with van der Waals surface area (Å²) in [6.07, 6.45) is 6.79. The van der Waals surface area contributed by atoms with Crippen molar-refractivity contribution < 1.29 is 0 Å². The van der Waals surface area contributed by atoms with E-state index >= 15 is 0 Å². The Morgan fingerprint density at radius 3 is 1.47 bits per heavy atom. The first kappa shape index (κ1) is 11.7. The van der Waals surface area contributed by atoms with Gasteiger partial charge in [-0.1, -0.05) is 11.6 Å². The first-order valence-corrected chi connectivity index (χ1v) is 6.06. The minimum absolute atomic E-state index is 0.604. The highest BCUT2D eigenvalue weighted by Gasteiger charge is 2.07. The fourth-order valence-electron chi connectivity index (χ4n) is 1.74. The van der Waals surface area contributed by atoms with Crippen LogP contribution in [0.15, 0.2) is 55.1 Å². The van der Waals surface area contributed by atoms with Gasteiger partial charge in [-0.25, -0.2) is 19.9 Å². The summed E-state index contributed by atoms with van der Waals surface area (Å²) < 4.78 is 0. The molecule has 92 valence electrons. The maximum absolute atomic E-state index is 6.14. The Hall–Kier alpha value is -2.33. The van der Waals surface area contributed by atoms with Gasteiger partial charge in [0.2, 0.25) is 0 Å². The van der Waals surface area contributed by atoms with Gasteiger partial charge in [0.15, 0.2) is 11.6 Å². The normalized spacial score (nSPS) is 10.4. The Kier molecular flexibility index (Phi) is 3.16. The van der Waals surface area contributed by atoms with Gasteiger partial charge >= 0.3 is 0 Å². The first-order valence-electron chi connectivity index (χ1n) is 5.68. The molecule has 0 aliphatic rings. The molecule has 0 saturated heterocycles. The molecule has 1 aromatic carbocycles. The third kappa shape index (κ3) is 2.58. The second-order valence-electron chi connectivity index (χ2n) is 3.87. The molecule has 3 aromatic rings. The zero-order valence-electron chi connectivity index (χ0n) is 9.86. The van der Waals surface area contributed by atoms with Crippen LogP contribution in [-0.4, -0.2) is 19.9 Å². The van der Waals surface area contributed by atoms with Crippen LogP contribution in [-0.2, 0) is 0 Å². The average Bonchev–Trinajstić information content (AvgIpc) is 2.48. The van der Waals surface area contributed by atoms with Gasteiger partial charge in [0.1, 0.15) is 0 Å². The fourth-order valence-corrected chi connectivity index (χ4v) is 1.98. The lowest BCUT2D eigenvalue weighted by Crippen LogP contribution is -1.90. The van der Waals surface area contributed by atoms with Crippen molar-refractivity contribution in [3.05, 3.63) is 60.1 Å². The summed E-state index contributed by atoms with van der Waals surface area (Å²) in [6, 6.07) is 9.12. The molecule has 0 aliphatic carbocycles. The fraction of sp³-hybridized carbons (Fsp3) is 0. The zero-order valence-corrected chi connectivity index (χ0v) is 10.6. The standard InChI is InChI=1S/C14H9ClN4/c15-12-8-10(13-16-3-1-4-17-13)7-11(9-12)14-18-5-2-6-19-14/h1-9H. The Bertz CT molecular complexity index is 629. The number of nitrogens with zero attached hydrogens (tertiary/aromatic N) is 4. The SMILES string of the molecule is Clc1cc(-c2ncccn2)cc(-c2ncccn2)c1. The molecule has 0 unspecified atom stereocenters. The third-order valence-electron chi connectivity index (χ3n) is 2.55. The molecule has 3 rings (SSSR count). The van der Waals surface area contributed by atoms with Crippen molar-refractivity contribution in [3.63, 3.8) is 0 Å². The van der Waals surface area contributed by atoms with Crippen molar-refractivity contribution in [2.75, 3.05) is 0 Å². The Morgan fingerprint density at radius 1 is 0.632 bits per heavy atom. The van der Waals surface area contributed by atoms with E-state index in [1.807, 2.05) is 18.2 Å². The highest BCUT2D eigenvalue weighted by atomic mass is 35.5. The van der Waals surface area contributed by atoms with E-state index in [1.54, 1.807) is 36.9 Å². The molecule has 2 aromatic heterocycles. The largest absolute Gasteiger partial charge is 0.237 e. The van der Waals surface area contributed by atoms with Crippen molar-refractivity contribution in [1.82, 2.24) is 19.9 Å². The van der Waals surface area contributed by atoms with Crippen LogP contribution in [0.5, 0.6) is 0 Å². The van der Waals surface area contributed by atoms with Gasteiger partial charge in [0, 0.05) is 40.9 Å². The number of hydrogen-bond donors (Lipinski definition) is 0. The quantitative estimate of drug-likeness (QED) is 0.716. The molecule has 0 amide bonds.